The molecule has 0 aromatic rings. The lowest BCUT2D eigenvalue weighted by Crippen LogP contribution is -2.45. The summed E-state index contributed by atoms with van der Waals surface area (Å²) in [5.74, 6) is 1.00. The summed E-state index contributed by atoms with van der Waals surface area (Å²) in [4.78, 5) is 2.56. The smallest absolute Gasteiger partial charge is 0.0195 e. The van der Waals surface area contributed by atoms with E-state index in [1.54, 1.807) is 0 Å². The summed E-state index contributed by atoms with van der Waals surface area (Å²) in [6.45, 7) is 4.87. The van der Waals surface area contributed by atoms with Crippen LogP contribution in [0.4, 0.5) is 0 Å². The van der Waals surface area contributed by atoms with Crippen LogP contribution in [-0.4, -0.2) is 37.1 Å². The SMILES string of the molecule is CC(C1CC1)N(C)CC1CCCCN1. The van der Waals surface area contributed by atoms with Gasteiger partial charge in [0.05, 0.1) is 0 Å². The van der Waals surface area contributed by atoms with Crippen LogP contribution in [0.15, 0.2) is 0 Å². The van der Waals surface area contributed by atoms with E-state index < -0.39 is 0 Å². The van der Waals surface area contributed by atoms with Crippen molar-refractivity contribution in [3.05, 3.63) is 0 Å². The fourth-order valence-electron chi connectivity index (χ4n) is 2.53. The third-order valence-corrected chi connectivity index (χ3v) is 3.92. The Bertz CT molecular complexity index is 171. The number of piperidine rings is 1. The predicted octanol–water partition coefficient (Wildman–Crippen LogP) is 1.86. The number of hydrogen-bond acceptors (Lipinski definition) is 2. The molecule has 0 radical (unpaired) electrons. The molecule has 1 heterocycles. The van der Waals surface area contributed by atoms with E-state index in [-0.39, 0.29) is 0 Å². The van der Waals surface area contributed by atoms with Crippen LogP contribution in [0.1, 0.15) is 39.0 Å². The first-order valence-electron chi connectivity index (χ1n) is 6.21. The standard InChI is InChI=1S/C12H24N2/c1-10(11-6-7-11)14(2)9-12-5-3-4-8-13-12/h10-13H,3-9H2,1-2H3. The van der Waals surface area contributed by atoms with Crippen molar-refractivity contribution in [3.63, 3.8) is 0 Å². The Balaban J connectivity index is 1.71. The normalized spacial score (nSPS) is 30.6. The van der Waals surface area contributed by atoms with Gasteiger partial charge in [0, 0.05) is 18.6 Å². The Kier molecular flexibility index (Phi) is 3.45. The van der Waals surface area contributed by atoms with Crippen LogP contribution in [-0.2, 0) is 0 Å². The third kappa shape index (κ3) is 2.71. The van der Waals surface area contributed by atoms with Crippen molar-refractivity contribution in [1.82, 2.24) is 10.2 Å². The summed E-state index contributed by atoms with van der Waals surface area (Å²) >= 11 is 0. The molecule has 2 rings (SSSR count). The molecule has 0 spiro atoms. The topological polar surface area (TPSA) is 15.3 Å². The molecule has 1 saturated carbocycles. The summed E-state index contributed by atoms with van der Waals surface area (Å²) in [7, 11) is 2.29. The fourth-order valence-corrected chi connectivity index (χ4v) is 2.53. The molecule has 2 aliphatic rings. The summed E-state index contributed by atoms with van der Waals surface area (Å²) in [5.41, 5.74) is 0. The molecule has 0 aromatic heterocycles. The highest BCUT2D eigenvalue weighted by Gasteiger charge is 2.31. The van der Waals surface area contributed by atoms with Crippen LogP contribution < -0.4 is 5.32 Å². The van der Waals surface area contributed by atoms with Crippen LogP contribution in [0, 0.1) is 5.92 Å². The first kappa shape index (κ1) is 10.4. The maximum Gasteiger partial charge on any atom is 0.0195 e. The van der Waals surface area contributed by atoms with Crippen LogP contribution >= 0.6 is 0 Å². The van der Waals surface area contributed by atoms with Gasteiger partial charge in [-0.3, -0.25) is 0 Å². The minimum atomic E-state index is 0.759. The highest BCUT2D eigenvalue weighted by molar-refractivity contribution is 4.86. The van der Waals surface area contributed by atoms with Crippen molar-refractivity contribution >= 4 is 0 Å². The molecule has 1 N–H and O–H groups in total. The quantitative estimate of drug-likeness (QED) is 0.738. The zero-order valence-corrected chi connectivity index (χ0v) is 9.63. The Morgan fingerprint density at radius 3 is 2.64 bits per heavy atom. The van der Waals surface area contributed by atoms with Gasteiger partial charge in [0.15, 0.2) is 0 Å². The molecular weight excluding hydrogens is 172 g/mol. The zero-order chi connectivity index (χ0) is 9.97. The van der Waals surface area contributed by atoms with Crippen LogP contribution in [0.25, 0.3) is 0 Å². The van der Waals surface area contributed by atoms with Gasteiger partial charge in [-0.25, -0.2) is 0 Å². The number of likely N-dealkylation sites (N-methyl/N-ethyl adjacent to an activating group) is 1. The van der Waals surface area contributed by atoms with Crippen LogP contribution in [0.5, 0.6) is 0 Å². The van der Waals surface area contributed by atoms with Crippen molar-refractivity contribution in [2.45, 2.75) is 51.1 Å². The van der Waals surface area contributed by atoms with E-state index in [2.05, 4.69) is 24.2 Å². The molecule has 2 fully saturated rings. The number of nitrogens with zero attached hydrogens (tertiary/aromatic N) is 1. The Morgan fingerprint density at radius 2 is 2.07 bits per heavy atom. The average molecular weight is 196 g/mol. The van der Waals surface area contributed by atoms with Gasteiger partial charge >= 0.3 is 0 Å². The lowest BCUT2D eigenvalue weighted by molar-refractivity contribution is 0.197. The monoisotopic (exact) mass is 196 g/mol. The molecule has 0 aromatic carbocycles. The first-order valence-corrected chi connectivity index (χ1v) is 6.21. The lowest BCUT2D eigenvalue weighted by Gasteiger charge is -2.31. The summed E-state index contributed by atoms with van der Waals surface area (Å²) < 4.78 is 0. The third-order valence-electron chi connectivity index (χ3n) is 3.92. The molecule has 14 heavy (non-hydrogen) atoms. The second-order valence-corrected chi connectivity index (χ2v) is 5.16. The number of hydrogen-bond donors (Lipinski definition) is 1. The molecule has 2 nitrogen and oxygen atoms in total. The molecule has 2 atom stereocenters. The van der Waals surface area contributed by atoms with Gasteiger partial charge in [0.2, 0.25) is 0 Å². The predicted molar refractivity (Wildman–Crippen MR) is 60.5 cm³/mol. The molecule has 1 aliphatic heterocycles. The molecule has 1 aliphatic carbocycles. The Labute approximate surface area is 88.1 Å². The van der Waals surface area contributed by atoms with E-state index in [4.69, 9.17) is 0 Å². The average Bonchev–Trinajstić information content (AvgIpc) is 3.01. The van der Waals surface area contributed by atoms with Gasteiger partial charge in [0.1, 0.15) is 0 Å². The van der Waals surface area contributed by atoms with Gasteiger partial charge in [-0.1, -0.05) is 6.42 Å². The minimum absolute atomic E-state index is 0.759. The van der Waals surface area contributed by atoms with Gasteiger partial charge in [0.25, 0.3) is 0 Å². The minimum Gasteiger partial charge on any atom is -0.313 e. The molecule has 2 heteroatoms. The largest absolute Gasteiger partial charge is 0.313 e. The van der Waals surface area contributed by atoms with Gasteiger partial charge in [-0.15, -0.1) is 0 Å². The van der Waals surface area contributed by atoms with Crippen molar-refractivity contribution in [3.8, 4) is 0 Å². The zero-order valence-electron chi connectivity index (χ0n) is 9.63. The Hall–Kier alpha value is -0.0800. The second kappa shape index (κ2) is 4.63. The lowest BCUT2D eigenvalue weighted by atomic mass is 10.0. The van der Waals surface area contributed by atoms with E-state index >= 15 is 0 Å². The highest BCUT2D eigenvalue weighted by Crippen LogP contribution is 2.34. The summed E-state index contributed by atoms with van der Waals surface area (Å²) in [5, 5.41) is 3.62. The van der Waals surface area contributed by atoms with Crippen molar-refractivity contribution in [1.29, 1.82) is 0 Å². The van der Waals surface area contributed by atoms with Gasteiger partial charge < -0.3 is 10.2 Å². The molecule has 2 unspecified atom stereocenters. The number of nitrogens with one attached hydrogen (secondary N) is 1. The summed E-state index contributed by atoms with van der Waals surface area (Å²) in [6.07, 6.45) is 7.09. The maximum atomic E-state index is 3.62. The molecular formula is C12H24N2. The maximum absolute atomic E-state index is 3.62. The van der Waals surface area contributed by atoms with Crippen molar-refractivity contribution in [2.24, 2.45) is 5.92 Å². The van der Waals surface area contributed by atoms with E-state index in [1.807, 2.05) is 0 Å². The molecule has 0 amide bonds. The Morgan fingerprint density at radius 1 is 1.29 bits per heavy atom. The molecule has 82 valence electrons. The number of rotatable bonds is 4. The highest BCUT2D eigenvalue weighted by atomic mass is 15.2. The van der Waals surface area contributed by atoms with Crippen LogP contribution in [0.2, 0.25) is 0 Å². The van der Waals surface area contributed by atoms with Gasteiger partial charge in [-0.2, -0.15) is 0 Å². The first-order chi connectivity index (χ1) is 6.77. The second-order valence-electron chi connectivity index (χ2n) is 5.16. The van der Waals surface area contributed by atoms with E-state index in [0.717, 1.165) is 18.0 Å². The molecule has 1 saturated heterocycles. The van der Waals surface area contributed by atoms with E-state index in [0.29, 0.717) is 0 Å². The summed E-state index contributed by atoms with van der Waals surface area (Å²) in [6, 6.07) is 1.56. The fraction of sp³-hybridized carbons (Fsp3) is 1.00. The molecule has 0 bridgehead atoms. The van der Waals surface area contributed by atoms with Gasteiger partial charge in [-0.05, 0) is 52.1 Å². The van der Waals surface area contributed by atoms with E-state index in [9.17, 15) is 0 Å². The van der Waals surface area contributed by atoms with Crippen LogP contribution in [0.3, 0.4) is 0 Å². The van der Waals surface area contributed by atoms with E-state index in [1.165, 1.54) is 45.2 Å². The van der Waals surface area contributed by atoms with Crippen molar-refractivity contribution < 1.29 is 0 Å². The van der Waals surface area contributed by atoms with Crippen molar-refractivity contribution in [2.75, 3.05) is 20.1 Å².